The summed E-state index contributed by atoms with van der Waals surface area (Å²) >= 11 is 0. The molecule has 0 spiro atoms. The van der Waals surface area contributed by atoms with Crippen molar-refractivity contribution in [2.24, 2.45) is 0 Å². The van der Waals surface area contributed by atoms with Gasteiger partial charge in [-0.15, -0.1) is 0 Å². The van der Waals surface area contributed by atoms with Gasteiger partial charge in [0.15, 0.2) is 0 Å². The first-order chi connectivity index (χ1) is 18.4. The zero-order valence-corrected chi connectivity index (χ0v) is 21.1. The number of fused-ring (bicyclic) bond motifs is 1. The van der Waals surface area contributed by atoms with Gasteiger partial charge >= 0.3 is 6.15 Å². The number of aromatic nitrogens is 2. The van der Waals surface area contributed by atoms with E-state index in [-0.39, 0.29) is 17.5 Å². The van der Waals surface area contributed by atoms with Crippen LogP contribution in [0.15, 0.2) is 78.8 Å². The number of amides is 1. The zero-order valence-electron chi connectivity index (χ0n) is 21.1. The van der Waals surface area contributed by atoms with Crippen molar-refractivity contribution in [2.75, 3.05) is 6.54 Å². The third-order valence-electron chi connectivity index (χ3n) is 6.74. The van der Waals surface area contributed by atoms with Crippen molar-refractivity contribution in [2.45, 2.75) is 32.7 Å². The van der Waals surface area contributed by atoms with Gasteiger partial charge < -0.3 is 15.0 Å². The third-order valence-corrected chi connectivity index (χ3v) is 6.74. The Morgan fingerprint density at radius 3 is 2.39 bits per heavy atom. The van der Waals surface area contributed by atoms with Gasteiger partial charge in [-0.3, -0.25) is 14.6 Å². The van der Waals surface area contributed by atoms with Gasteiger partial charge in [0.25, 0.3) is 11.7 Å². The van der Waals surface area contributed by atoms with Gasteiger partial charge in [0.1, 0.15) is 5.76 Å². The molecule has 1 amide bonds. The molecule has 192 valence electrons. The Balaban J connectivity index is 0.00000107. The number of nitrogens with one attached hydrogen (secondary N) is 1. The van der Waals surface area contributed by atoms with Crippen LogP contribution < -0.4 is 0 Å². The van der Waals surface area contributed by atoms with Gasteiger partial charge in [0, 0.05) is 41.6 Å². The van der Waals surface area contributed by atoms with E-state index in [0.717, 1.165) is 34.0 Å². The van der Waals surface area contributed by atoms with Crippen LogP contribution in [-0.2, 0) is 32.0 Å². The molecule has 1 fully saturated rings. The summed E-state index contributed by atoms with van der Waals surface area (Å²) < 4.78 is 0. The maximum Gasteiger partial charge on any atom is 0.373 e. The SMILES string of the molecule is CCc1ccc(C2C(=C(O)c3ccncc3)C(=O)C(=O)N2CCc2c[nH]c3cc(C)ccc23)cc1.O=C=O. The maximum atomic E-state index is 13.2. The molecule has 2 aromatic heterocycles. The smallest absolute Gasteiger partial charge is 0.373 e. The van der Waals surface area contributed by atoms with E-state index >= 15 is 0 Å². The summed E-state index contributed by atoms with van der Waals surface area (Å²) in [5, 5.41) is 12.2. The van der Waals surface area contributed by atoms with Crippen molar-refractivity contribution in [1.29, 1.82) is 0 Å². The van der Waals surface area contributed by atoms with E-state index in [1.165, 1.54) is 5.56 Å². The lowest BCUT2D eigenvalue weighted by Crippen LogP contribution is -2.31. The topological polar surface area (TPSA) is 120 Å². The Labute approximate surface area is 219 Å². The first-order valence-electron chi connectivity index (χ1n) is 12.2. The second-order valence-corrected chi connectivity index (χ2v) is 9.02. The quantitative estimate of drug-likeness (QED) is 0.224. The second-order valence-electron chi connectivity index (χ2n) is 9.02. The highest BCUT2D eigenvalue weighted by molar-refractivity contribution is 6.46. The Hall–Kier alpha value is -4.81. The monoisotopic (exact) mass is 509 g/mol. The van der Waals surface area contributed by atoms with Crippen LogP contribution in [0.3, 0.4) is 0 Å². The molecule has 38 heavy (non-hydrogen) atoms. The molecule has 2 N–H and O–H groups in total. The standard InChI is InChI=1S/C29H27N3O3.CO2/c1-3-19-5-7-20(8-6-19)26-25(27(33)21-10-13-30-14-11-21)28(34)29(35)32(26)15-12-22-17-31-24-16-18(2)4-9-23(22)24;2-1-3/h4-11,13-14,16-17,26,31,33H,3,12,15H2,1-2H3;. The van der Waals surface area contributed by atoms with Crippen LogP contribution in [0.4, 0.5) is 0 Å². The van der Waals surface area contributed by atoms with Gasteiger partial charge in [-0.2, -0.15) is 9.59 Å². The number of hydrogen-bond donors (Lipinski definition) is 2. The zero-order chi connectivity index (χ0) is 27.2. The van der Waals surface area contributed by atoms with Crippen molar-refractivity contribution in [3.8, 4) is 0 Å². The number of carbonyl (C=O) groups is 2. The molecule has 0 bridgehead atoms. The largest absolute Gasteiger partial charge is 0.507 e. The highest BCUT2D eigenvalue weighted by Gasteiger charge is 2.45. The molecule has 0 aliphatic carbocycles. The molecule has 0 radical (unpaired) electrons. The average molecular weight is 510 g/mol. The number of H-pyrrole nitrogens is 1. The van der Waals surface area contributed by atoms with Gasteiger partial charge in [-0.05, 0) is 60.2 Å². The van der Waals surface area contributed by atoms with E-state index in [9.17, 15) is 14.7 Å². The van der Waals surface area contributed by atoms with Crippen molar-refractivity contribution >= 4 is 34.5 Å². The Kier molecular flexibility index (Phi) is 7.94. The minimum Gasteiger partial charge on any atom is -0.507 e. The predicted octanol–water partition coefficient (Wildman–Crippen LogP) is 4.51. The van der Waals surface area contributed by atoms with Crippen LogP contribution >= 0.6 is 0 Å². The van der Waals surface area contributed by atoms with Crippen LogP contribution in [0.5, 0.6) is 0 Å². The Morgan fingerprint density at radius 1 is 1.05 bits per heavy atom. The van der Waals surface area contributed by atoms with E-state index in [2.05, 4.69) is 35.1 Å². The Morgan fingerprint density at radius 2 is 1.74 bits per heavy atom. The first kappa shape index (κ1) is 26.3. The van der Waals surface area contributed by atoms with Crippen LogP contribution in [0.25, 0.3) is 16.7 Å². The minimum absolute atomic E-state index is 0.111. The fourth-order valence-corrected chi connectivity index (χ4v) is 4.81. The molecule has 0 saturated carbocycles. The number of aryl methyl sites for hydroxylation is 2. The van der Waals surface area contributed by atoms with Gasteiger partial charge in [0.05, 0.1) is 11.6 Å². The van der Waals surface area contributed by atoms with Gasteiger partial charge in [0.2, 0.25) is 0 Å². The molecule has 1 unspecified atom stereocenters. The predicted molar refractivity (Wildman–Crippen MR) is 141 cm³/mol. The summed E-state index contributed by atoms with van der Waals surface area (Å²) in [6.07, 6.45) is 6.78. The third kappa shape index (κ3) is 5.16. The normalized spacial score (nSPS) is 16.3. The van der Waals surface area contributed by atoms with E-state index in [0.29, 0.717) is 18.5 Å². The highest BCUT2D eigenvalue weighted by atomic mass is 16.3. The molecular weight excluding hydrogens is 482 g/mol. The van der Waals surface area contributed by atoms with Crippen LogP contribution in [-0.4, -0.2) is 44.4 Å². The van der Waals surface area contributed by atoms with Crippen molar-refractivity contribution < 1.29 is 24.3 Å². The maximum absolute atomic E-state index is 13.2. The molecule has 3 heterocycles. The lowest BCUT2D eigenvalue weighted by atomic mass is 9.94. The van der Waals surface area contributed by atoms with Gasteiger partial charge in [-0.25, -0.2) is 0 Å². The molecule has 1 saturated heterocycles. The average Bonchev–Trinajstić information content (AvgIpc) is 3.45. The summed E-state index contributed by atoms with van der Waals surface area (Å²) in [5.41, 5.74) is 5.83. The molecule has 1 atom stereocenters. The van der Waals surface area contributed by atoms with Crippen LogP contribution in [0, 0.1) is 6.92 Å². The lowest BCUT2D eigenvalue weighted by Gasteiger charge is -2.25. The molecule has 5 rings (SSSR count). The summed E-state index contributed by atoms with van der Waals surface area (Å²) in [4.78, 5) is 51.6. The minimum atomic E-state index is -0.668. The molecule has 1 aliphatic rings. The fourth-order valence-electron chi connectivity index (χ4n) is 4.81. The number of aromatic amines is 1. The molecule has 8 nitrogen and oxygen atoms in total. The lowest BCUT2D eigenvalue weighted by molar-refractivity contribution is -0.191. The summed E-state index contributed by atoms with van der Waals surface area (Å²) in [7, 11) is 0. The number of likely N-dealkylation sites (tertiary alicyclic amines) is 1. The number of aliphatic hydroxyl groups is 1. The fraction of sp³-hybridized carbons (Fsp3) is 0.200. The Bertz CT molecular complexity index is 1530. The van der Waals surface area contributed by atoms with Crippen molar-refractivity contribution in [1.82, 2.24) is 14.9 Å². The van der Waals surface area contributed by atoms with E-state index in [1.54, 1.807) is 29.4 Å². The first-order valence-corrected chi connectivity index (χ1v) is 12.2. The molecule has 1 aliphatic heterocycles. The van der Waals surface area contributed by atoms with E-state index in [1.807, 2.05) is 37.4 Å². The van der Waals surface area contributed by atoms with Crippen LogP contribution in [0.2, 0.25) is 0 Å². The second kappa shape index (κ2) is 11.5. The van der Waals surface area contributed by atoms with Crippen molar-refractivity contribution in [3.63, 3.8) is 0 Å². The van der Waals surface area contributed by atoms with Gasteiger partial charge in [-0.1, -0.05) is 43.3 Å². The molecule has 4 aromatic rings. The summed E-state index contributed by atoms with van der Waals surface area (Å²) in [6.45, 7) is 4.47. The number of nitrogens with zero attached hydrogens (tertiary/aromatic N) is 2. The number of Topliss-reactive ketones (excluding diaryl/α,β-unsaturated/α-hetero) is 1. The number of rotatable bonds is 6. The number of aliphatic hydroxyl groups excluding tert-OH is 1. The molecular formula is C30H27N3O5. The highest BCUT2D eigenvalue weighted by Crippen LogP contribution is 2.39. The summed E-state index contributed by atoms with van der Waals surface area (Å²) in [5.74, 6) is -1.44. The summed E-state index contributed by atoms with van der Waals surface area (Å²) in [6, 6.07) is 16.7. The molecule has 2 aromatic carbocycles. The number of benzene rings is 2. The number of ketones is 1. The number of pyridine rings is 1. The van der Waals surface area contributed by atoms with Crippen molar-refractivity contribution in [3.05, 3.63) is 107 Å². The van der Waals surface area contributed by atoms with E-state index < -0.39 is 17.7 Å². The molecule has 8 heteroatoms. The van der Waals surface area contributed by atoms with E-state index in [4.69, 9.17) is 9.59 Å². The number of hydrogen-bond acceptors (Lipinski definition) is 6. The number of carbonyl (C=O) groups excluding carboxylic acids is 4. The van der Waals surface area contributed by atoms with Crippen LogP contribution in [0.1, 0.15) is 40.8 Å².